The molecular weight excluding hydrogens is 1020 g/mol. The Labute approximate surface area is 517 Å². The standard InChI is InChI=1S/C77H140O6/c1-4-7-10-13-16-19-22-25-28-31-33-34-35-36-37-38-39-40-41-42-44-46-49-52-55-58-61-64-67-70-76(79)82-73-74(72-81-75(78)69-66-63-60-57-54-51-48-45-30-27-24-21-18-15-12-9-6-3)83-77(80)71-68-65-62-59-56-53-50-47-43-32-29-26-23-20-17-14-11-8-5-2/h22,25-27,29-31,33,35-36,74H,4-21,23-24,28,32,34,37-73H2,1-3H3/b25-22-,29-26-,30-27-,33-31-,36-35-. The summed E-state index contributed by atoms with van der Waals surface area (Å²) in [5, 5.41) is 0. The minimum absolute atomic E-state index is 0.0733. The van der Waals surface area contributed by atoms with E-state index in [1.165, 1.54) is 283 Å². The second-order valence-corrected chi connectivity index (χ2v) is 24.8. The highest BCUT2D eigenvalue weighted by Crippen LogP contribution is 2.18. The van der Waals surface area contributed by atoms with Crippen LogP contribution in [0.3, 0.4) is 0 Å². The van der Waals surface area contributed by atoms with Crippen LogP contribution in [0.25, 0.3) is 0 Å². The lowest BCUT2D eigenvalue weighted by molar-refractivity contribution is -0.167. The van der Waals surface area contributed by atoms with Crippen LogP contribution in [0.2, 0.25) is 0 Å². The predicted octanol–water partition coefficient (Wildman–Crippen LogP) is 25.5. The number of ether oxygens (including phenoxy) is 3. The van der Waals surface area contributed by atoms with Crippen molar-refractivity contribution in [2.24, 2.45) is 0 Å². The zero-order valence-electron chi connectivity index (χ0n) is 55.7. The Hall–Kier alpha value is -2.89. The molecule has 0 aliphatic rings. The summed E-state index contributed by atoms with van der Waals surface area (Å²) in [6, 6.07) is 0. The lowest BCUT2D eigenvalue weighted by Crippen LogP contribution is -2.30. The highest BCUT2D eigenvalue weighted by atomic mass is 16.6. The van der Waals surface area contributed by atoms with E-state index in [9.17, 15) is 14.4 Å². The summed E-state index contributed by atoms with van der Waals surface area (Å²) in [6.07, 6.45) is 92.5. The van der Waals surface area contributed by atoms with Crippen LogP contribution in [0.5, 0.6) is 0 Å². The lowest BCUT2D eigenvalue weighted by atomic mass is 10.0. The molecule has 1 unspecified atom stereocenters. The van der Waals surface area contributed by atoms with Crippen LogP contribution in [0.1, 0.15) is 393 Å². The predicted molar refractivity (Wildman–Crippen MR) is 362 cm³/mol. The molecule has 0 aromatic rings. The smallest absolute Gasteiger partial charge is 0.306 e. The molecule has 0 N–H and O–H groups in total. The van der Waals surface area contributed by atoms with Crippen molar-refractivity contribution in [2.75, 3.05) is 13.2 Å². The number of hydrogen-bond acceptors (Lipinski definition) is 6. The highest BCUT2D eigenvalue weighted by molar-refractivity contribution is 5.71. The molecule has 0 aliphatic carbocycles. The molecule has 0 aliphatic heterocycles. The topological polar surface area (TPSA) is 78.9 Å². The Morgan fingerprint density at radius 2 is 0.434 bits per heavy atom. The molecule has 6 heteroatoms. The van der Waals surface area contributed by atoms with Crippen LogP contribution >= 0.6 is 0 Å². The molecule has 0 rings (SSSR count). The Bertz CT molecular complexity index is 1470. The zero-order valence-corrected chi connectivity index (χ0v) is 55.7. The van der Waals surface area contributed by atoms with E-state index < -0.39 is 6.10 Å². The molecule has 0 saturated carbocycles. The van der Waals surface area contributed by atoms with Gasteiger partial charge in [-0.05, 0) is 109 Å². The minimum Gasteiger partial charge on any atom is -0.462 e. The molecule has 6 nitrogen and oxygen atoms in total. The van der Waals surface area contributed by atoms with Gasteiger partial charge in [0, 0.05) is 19.3 Å². The van der Waals surface area contributed by atoms with Gasteiger partial charge in [0.2, 0.25) is 0 Å². The number of unbranched alkanes of at least 4 members (excludes halogenated alkanes) is 47. The van der Waals surface area contributed by atoms with Crippen LogP contribution in [0.4, 0.5) is 0 Å². The number of hydrogen-bond donors (Lipinski definition) is 0. The third-order valence-electron chi connectivity index (χ3n) is 16.5. The molecule has 0 aromatic heterocycles. The molecule has 0 fully saturated rings. The average Bonchev–Trinajstić information content (AvgIpc) is 3.49. The first kappa shape index (κ1) is 80.1. The molecule has 0 radical (unpaired) electrons. The summed E-state index contributed by atoms with van der Waals surface area (Å²) in [5.41, 5.74) is 0. The Morgan fingerprint density at radius 1 is 0.241 bits per heavy atom. The largest absolute Gasteiger partial charge is 0.462 e. The van der Waals surface area contributed by atoms with Crippen molar-refractivity contribution < 1.29 is 28.6 Å². The lowest BCUT2D eigenvalue weighted by Gasteiger charge is -2.18. The molecule has 0 amide bonds. The molecule has 1 atom stereocenters. The van der Waals surface area contributed by atoms with E-state index in [0.29, 0.717) is 19.3 Å². The van der Waals surface area contributed by atoms with Crippen molar-refractivity contribution >= 4 is 17.9 Å². The number of carbonyl (C=O) groups excluding carboxylic acids is 3. The van der Waals surface area contributed by atoms with E-state index in [0.717, 1.165) is 70.6 Å². The summed E-state index contributed by atoms with van der Waals surface area (Å²) in [7, 11) is 0. The van der Waals surface area contributed by atoms with Gasteiger partial charge in [0.1, 0.15) is 13.2 Å². The first-order chi connectivity index (χ1) is 41.0. The van der Waals surface area contributed by atoms with Crippen LogP contribution in [0.15, 0.2) is 60.8 Å². The first-order valence-electron chi connectivity index (χ1n) is 36.8. The van der Waals surface area contributed by atoms with Gasteiger partial charge in [-0.3, -0.25) is 14.4 Å². The summed E-state index contributed by atoms with van der Waals surface area (Å²) in [5.74, 6) is -0.855. The summed E-state index contributed by atoms with van der Waals surface area (Å²) in [6.45, 7) is 6.68. The van der Waals surface area contributed by atoms with Gasteiger partial charge in [-0.15, -0.1) is 0 Å². The molecule has 83 heavy (non-hydrogen) atoms. The first-order valence-corrected chi connectivity index (χ1v) is 36.8. The maximum Gasteiger partial charge on any atom is 0.306 e. The van der Waals surface area contributed by atoms with E-state index in [-0.39, 0.29) is 31.1 Å². The van der Waals surface area contributed by atoms with Crippen molar-refractivity contribution in [3.8, 4) is 0 Å². The van der Waals surface area contributed by atoms with Gasteiger partial charge in [0.05, 0.1) is 0 Å². The highest BCUT2D eigenvalue weighted by Gasteiger charge is 2.19. The fourth-order valence-electron chi connectivity index (χ4n) is 10.9. The average molecular weight is 1160 g/mol. The van der Waals surface area contributed by atoms with Gasteiger partial charge in [-0.2, -0.15) is 0 Å². The van der Waals surface area contributed by atoms with Crippen LogP contribution in [-0.4, -0.2) is 37.2 Å². The van der Waals surface area contributed by atoms with Crippen molar-refractivity contribution in [2.45, 2.75) is 399 Å². The molecular formula is C77H140O6. The van der Waals surface area contributed by atoms with Crippen molar-refractivity contribution in [3.63, 3.8) is 0 Å². The number of rotatable bonds is 68. The van der Waals surface area contributed by atoms with Crippen LogP contribution in [0, 0.1) is 0 Å². The molecule has 0 heterocycles. The van der Waals surface area contributed by atoms with Gasteiger partial charge >= 0.3 is 17.9 Å². The monoisotopic (exact) mass is 1160 g/mol. The maximum atomic E-state index is 13.0. The van der Waals surface area contributed by atoms with Gasteiger partial charge in [0.15, 0.2) is 6.10 Å². The van der Waals surface area contributed by atoms with E-state index >= 15 is 0 Å². The Morgan fingerprint density at radius 3 is 0.687 bits per heavy atom. The molecule has 0 bridgehead atoms. The molecule has 0 aromatic carbocycles. The molecule has 0 spiro atoms. The maximum absolute atomic E-state index is 13.0. The quantitative estimate of drug-likeness (QED) is 0.0261. The van der Waals surface area contributed by atoms with Crippen molar-refractivity contribution in [1.82, 2.24) is 0 Å². The minimum atomic E-state index is -0.778. The summed E-state index contributed by atoms with van der Waals surface area (Å²) in [4.78, 5) is 38.5. The third kappa shape index (κ3) is 69.8. The zero-order chi connectivity index (χ0) is 59.9. The van der Waals surface area contributed by atoms with Crippen molar-refractivity contribution in [1.29, 1.82) is 0 Å². The second kappa shape index (κ2) is 71.6. The van der Waals surface area contributed by atoms with E-state index in [1.807, 2.05) is 0 Å². The van der Waals surface area contributed by atoms with Gasteiger partial charge in [0.25, 0.3) is 0 Å². The fraction of sp³-hybridized carbons (Fsp3) is 0.831. The van der Waals surface area contributed by atoms with Crippen LogP contribution < -0.4 is 0 Å². The SMILES string of the molecule is CCCCCCC/C=C\C/C=C\C/C=C\CCCCCCCCCCCCCCCCC(=O)OCC(COC(=O)CCCCCCCCC/C=C\CCCCCCCC)OC(=O)CCCCCCCCCCC/C=C\CCCCCCCC. The van der Waals surface area contributed by atoms with E-state index in [2.05, 4.69) is 81.5 Å². The van der Waals surface area contributed by atoms with Gasteiger partial charge in [-0.25, -0.2) is 0 Å². The summed E-state index contributed by atoms with van der Waals surface area (Å²) < 4.78 is 17.0. The van der Waals surface area contributed by atoms with Crippen molar-refractivity contribution in [3.05, 3.63) is 60.8 Å². The molecule has 484 valence electrons. The summed E-state index contributed by atoms with van der Waals surface area (Å²) >= 11 is 0. The number of allylic oxidation sites excluding steroid dienone is 10. The Balaban J connectivity index is 4.27. The molecule has 0 saturated heterocycles. The number of esters is 3. The number of carbonyl (C=O) groups is 3. The fourth-order valence-corrected chi connectivity index (χ4v) is 10.9. The van der Waals surface area contributed by atoms with Gasteiger partial charge < -0.3 is 14.2 Å². The Kier molecular flexibility index (Phi) is 69.1. The normalized spacial score (nSPS) is 12.4. The second-order valence-electron chi connectivity index (χ2n) is 24.8. The van der Waals surface area contributed by atoms with E-state index in [1.54, 1.807) is 0 Å². The van der Waals surface area contributed by atoms with E-state index in [4.69, 9.17) is 14.2 Å². The van der Waals surface area contributed by atoms with Crippen LogP contribution in [-0.2, 0) is 28.6 Å². The third-order valence-corrected chi connectivity index (χ3v) is 16.5. The van der Waals surface area contributed by atoms with Gasteiger partial charge in [-0.1, -0.05) is 326 Å².